The van der Waals surface area contributed by atoms with E-state index >= 15 is 0 Å². The summed E-state index contributed by atoms with van der Waals surface area (Å²) in [7, 11) is 0. The molecule has 1 aromatic carbocycles. The van der Waals surface area contributed by atoms with E-state index in [9.17, 15) is 9.90 Å². The van der Waals surface area contributed by atoms with Crippen LogP contribution in [0.2, 0.25) is 0 Å². The summed E-state index contributed by atoms with van der Waals surface area (Å²) in [6.07, 6.45) is 1.46. The lowest BCUT2D eigenvalue weighted by molar-refractivity contribution is 0.0988. The van der Waals surface area contributed by atoms with Crippen LogP contribution in [0.3, 0.4) is 0 Å². The van der Waals surface area contributed by atoms with Gasteiger partial charge in [-0.2, -0.15) is 0 Å². The van der Waals surface area contributed by atoms with Gasteiger partial charge in [-0.15, -0.1) is 0 Å². The highest BCUT2D eigenvalue weighted by Crippen LogP contribution is 2.39. The molecule has 0 unspecified atom stereocenters. The van der Waals surface area contributed by atoms with Crippen LogP contribution in [0.4, 0.5) is 0 Å². The molecule has 0 saturated carbocycles. The summed E-state index contributed by atoms with van der Waals surface area (Å²) in [6.45, 7) is 4.12. The van der Waals surface area contributed by atoms with Gasteiger partial charge in [-0.25, -0.2) is 0 Å². The van der Waals surface area contributed by atoms with Crippen LogP contribution >= 0.6 is 0 Å². The summed E-state index contributed by atoms with van der Waals surface area (Å²) in [5.74, 6) is 0.492. The van der Waals surface area contributed by atoms with Gasteiger partial charge in [0, 0.05) is 6.42 Å². The Morgan fingerprint density at radius 3 is 2.86 bits per heavy atom. The molecule has 1 aromatic rings. The molecule has 0 aromatic heterocycles. The van der Waals surface area contributed by atoms with Crippen molar-refractivity contribution in [1.82, 2.24) is 0 Å². The second kappa shape index (κ2) is 3.12. The van der Waals surface area contributed by atoms with E-state index in [1.807, 2.05) is 13.0 Å². The Hall–Kier alpha value is -1.31. The van der Waals surface area contributed by atoms with Crippen molar-refractivity contribution in [1.29, 1.82) is 0 Å². The molecule has 2 nitrogen and oxygen atoms in total. The molecule has 0 aliphatic heterocycles. The number of fused-ring (bicyclic) bond motifs is 1. The zero-order chi connectivity index (χ0) is 10.3. The van der Waals surface area contributed by atoms with Gasteiger partial charge in [0.05, 0.1) is 5.56 Å². The number of benzene rings is 1. The first-order chi connectivity index (χ1) is 6.65. The third-order valence-corrected chi connectivity index (χ3v) is 2.96. The molecule has 0 fully saturated rings. The molecular weight excluding hydrogens is 176 g/mol. The number of rotatable bonds is 1. The third-order valence-electron chi connectivity index (χ3n) is 2.96. The Labute approximate surface area is 83.6 Å². The van der Waals surface area contributed by atoms with Crippen LogP contribution in [0.5, 0.6) is 5.75 Å². The maximum absolute atomic E-state index is 11.6. The number of ketones is 1. The molecule has 0 radical (unpaired) electrons. The lowest BCUT2D eigenvalue weighted by Gasteiger charge is -2.10. The lowest BCUT2D eigenvalue weighted by Crippen LogP contribution is -1.96. The number of phenolic OH excluding ortho intramolecular Hbond substituents is 1. The summed E-state index contributed by atoms with van der Waals surface area (Å²) < 4.78 is 0. The van der Waals surface area contributed by atoms with Crippen LogP contribution in [-0.4, -0.2) is 10.9 Å². The van der Waals surface area contributed by atoms with Gasteiger partial charge < -0.3 is 5.11 Å². The van der Waals surface area contributed by atoms with Crippen molar-refractivity contribution >= 4 is 5.78 Å². The summed E-state index contributed by atoms with van der Waals surface area (Å²) in [5, 5.41) is 9.62. The third kappa shape index (κ3) is 1.14. The highest BCUT2D eigenvalue weighted by molar-refractivity contribution is 6.04. The zero-order valence-corrected chi connectivity index (χ0v) is 8.50. The highest BCUT2D eigenvalue weighted by Gasteiger charge is 2.30. The van der Waals surface area contributed by atoms with Crippen molar-refractivity contribution in [2.45, 2.75) is 32.6 Å². The number of hydrogen-bond acceptors (Lipinski definition) is 2. The Morgan fingerprint density at radius 1 is 1.50 bits per heavy atom. The zero-order valence-electron chi connectivity index (χ0n) is 8.50. The summed E-state index contributed by atoms with van der Waals surface area (Å²) in [6, 6.07) is 3.55. The lowest BCUT2D eigenvalue weighted by atomic mass is 9.95. The highest BCUT2D eigenvalue weighted by atomic mass is 16.3. The fourth-order valence-electron chi connectivity index (χ4n) is 2.30. The van der Waals surface area contributed by atoms with Crippen LogP contribution in [0.25, 0.3) is 0 Å². The fourth-order valence-corrected chi connectivity index (χ4v) is 2.30. The molecule has 1 aliphatic rings. The van der Waals surface area contributed by atoms with Crippen molar-refractivity contribution in [2.24, 2.45) is 0 Å². The first kappa shape index (κ1) is 9.25. The normalized spacial score (nSPS) is 19.9. The minimum absolute atomic E-state index is 0.0836. The number of Topliss-reactive ketones (excluding diaryl/α,β-unsaturated/α-hetero) is 1. The van der Waals surface area contributed by atoms with Gasteiger partial charge in [0.25, 0.3) is 0 Å². The number of carbonyl (C=O) groups is 1. The molecule has 0 heterocycles. The van der Waals surface area contributed by atoms with Crippen molar-refractivity contribution in [2.75, 3.05) is 0 Å². The van der Waals surface area contributed by atoms with E-state index in [1.54, 1.807) is 6.07 Å². The molecule has 0 saturated heterocycles. The maximum Gasteiger partial charge on any atom is 0.167 e. The van der Waals surface area contributed by atoms with Crippen LogP contribution in [0.1, 0.15) is 47.7 Å². The second-order valence-corrected chi connectivity index (χ2v) is 3.91. The smallest absolute Gasteiger partial charge is 0.167 e. The summed E-state index contributed by atoms with van der Waals surface area (Å²) in [5.41, 5.74) is 2.82. The van der Waals surface area contributed by atoms with Crippen molar-refractivity contribution in [3.8, 4) is 5.75 Å². The minimum atomic E-state index is 0.0836. The predicted octanol–water partition coefficient (Wildman–Crippen LogP) is 2.64. The summed E-state index contributed by atoms with van der Waals surface area (Å²) >= 11 is 0. The van der Waals surface area contributed by atoms with Gasteiger partial charge in [0.15, 0.2) is 5.78 Å². The molecule has 74 valence electrons. The molecular formula is C12H14O2. The Kier molecular flexibility index (Phi) is 2.06. The van der Waals surface area contributed by atoms with E-state index in [4.69, 9.17) is 0 Å². The van der Waals surface area contributed by atoms with Gasteiger partial charge in [0.1, 0.15) is 5.75 Å². The fraction of sp³-hybridized carbons (Fsp3) is 0.417. The largest absolute Gasteiger partial charge is 0.507 e. The Morgan fingerprint density at radius 2 is 2.21 bits per heavy atom. The van der Waals surface area contributed by atoms with E-state index in [0.717, 1.165) is 12.0 Å². The van der Waals surface area contributed by atoms with Gasteiger partial charge in [-0.3, -0.25) is 4.79 Å². The van der Waals surface area contributed by atoms with E-state index in [0.29, 0.717) is 12.0 Å². The summed E-state index contributed by atoms with van der Waals surface area (Å²) in [4.78, 5) is 11.6. The molecule has 1 N–H and O–H groups in total. The predicted molar refractivity (Wildman–Crippen MR) is 54.8 cm³/mol. The van der Waals surface area contributed by atoms with Crippen molar-refractivity contribution in [3.05, 3.63) is 28.8 Å². The van der Waals surface area contributed by atoms with Gasteiger partial charge >= 0.3 is 0 Å². The van der Waals surface area contributed by atoms with Crippen LogP contribution in [0.15, 0.2) is 12.1 Å². The quantitative estimate of drug-likeness (QED) is 0.739. The monoisotopic (exact) mass is 190 g/mol. The van der Waals surface area contributed by atoms with Crippen LogP contribution in [0, 0.1) is 0 Å². The van der Waals surface area contributed by atoms with Gasteiger partial charge in [-0.05, 0) is 29.5 Å². The molecule has 1 atom stereocenters. The Bertz CT molecular complexity index is 394. The van der Waals surface area contributed by atoms with Crippen LogP contribution < -0.4 is 0 Å². The van der Waals surface area contributed by atoms with Gasteiger partial charge in [-0.1, -0.05) is 19.9 Å². The molecule has 2 rings (SSSR count). The molecule has 0 bridgehead atoms. The van der Waals surface area contributed by atoms with Crippen molar-refractivity contribution in [3.63, 3.8) is 0 Å². The molecule has 2 heteroatoms. The molecule has 14 heavy (non-hydrogen) atoms. The Balaban J connectivity index is 2.69. The number of hydrogen-bond donors (Lipinski definition) is 1. The SMILES string of the molecule is CCc1ccc(O)c2c1[C@@H](C)CC2=O. The average Bonchev–Trinajstić information content (AvgIpc) is 2.44. The number of aryl methyl sites for hydroxylation is 1. The first-order valence-electron chi connectivity index (χ1n) is 5.03. The number of carbonyl (C=O) groups excluding carboxylic acids is 1. The van der Waals surface area contributed by atoms with E-state index in [-0.39, 0.29) is 17.5 Å². The standard InChI is InChI=1S/C12H14O2/c1-3-8-4-5-9(13)12-10(14)6-7(2)11(8)12/h4-5,7,13H,3,6H2,1-2H3/t7-/m0/s1. The minimum Gasteiger partial charge on any atom is -0.507 e. The van der Waals surface area contributed by atoms with Crippen molar-refractivity contribution < 1.29 is 9.90 Å². The molecule has 0 spiro atoms. The average molecular weight is 190 g/mol. The number of phenols is 1. The number of aromatic hydroxyl groups is 1. The first-order valence-corrected chi connectivity index (χ1v) is 5.03. The molecule has 1 aliphatic carbocycles. The topological polar surface area (TPSA) is 37.3 Å². The second-order valence-electron chi connectivity index (χ2n) is 3.91. The van der Waals surface area contributed by atoms with Gasteiger partial charge in [0.2, 0.25) is 0 Å². The van der Waals surface area contributed by atoms with Crippen LogP contribution in [-0.2, 0) is 6.42 Å². The van der Waals surface area contributed by atoms with E-state index in [1.165, 1.54) is 5.56 Å². The van der Waals surface area contributed by atoms with E-state index < -0.39 is 0 Å². The van der Waals surface area contributed by atoms with E-state index in [2.05, 4.69) is 6.92 Å². The maximum atomic E-state index is 11.6. The molecule has 0 amide bonds.